The van der Waals surface area contributed by atoms with Crippen LogP contribution in [-0.2, 0) is 6.54 Å². The number of aryl methyl sites for hydroxylation is 1. The Morgan fingerprint density at radius 3 is 2.56 bits per heavy atom. The molecule has 0 saturated carbocycles. The van der Waals surface area contributed by atoms with Crippen LogP contribution in [0.15, 0.2) is 36.4 Å². The first-order valence-electron chi connectivity index (χ1n) is 5.79. The lowest BCUT2D eigenvalue weighted by Gasteiger charge is -2.10. The van der Waals surface area contributed by atoms with Crippen LogP contribution in [0.1, 0.15) is 11.1 Å². The highest BCUT2D eigenvalue weighted by atomic mass is 35.5. The third kappa shape index (κ3) is 2.50. The lowest BCUT2D eigenvalue weighted by Crippen LogP contribution is -1.97. The fourth-order valence-electron chi connectivity index (χ4n) is 2.00. The first kappa shape index (κ1) is 12.9. The molecule has 0 saturated heterocycles. The summed E-state index contributed by atoms with van der Waals surface area (Å²) < 4.78 is 5.24. The van der Waals surface area contributed by atoms with E-state index in [2.05, 4.69) is 19.1 Å². The number of benzene rings is 2. The molecule has 0 aliphatic carbocycles. The minimum Gasteiger partial charge on any atom is -0.495 e. The smallest absolute Gasteiger partial charge is 0.138 e. The number of methoxy groups -OCH3 is 1. The highest BCUT2D eigenvalue weighted by Gasteiger charge is 2.06. The summed E-state index contributed by atoms with van der Waals surface area (Å²) in [5.41, 5.74) is 10.2. The monoisotopic (exact) mass is 261 g/mol. The molecule has 2 aromatic carbocycles. The molecule has 2 N–H and O–H groups in total. The predicted molar refractivity (Wildman–Crippen MR) is 76.1 cm³/mol. The van der Waals surface area contributed by atoms with E-state index in [0.29, 0.717) is 17.3 Å². The van der Waals surface area contributed by atoms with Crippen LogP contribution in [0.2, 0.25) is 5.02 Å². The molecule has 0 bridgehead atoms. The molecule has 0 fully saturated rings. The lowest BCUT2D eigenvalue weighted by molar-refractivity contribution is 0.415. The van der Waals surface area contributed by atoms with Gasteiger partial charge in [-0.2, -0.15) is 0 Å². The average Bonchev–Trinajstić information content (AvgIpc) is 2.39. The van der Waals surface area contributed by atoms with Crippen LogP contribution in [0.3, 0.4) is 0 Å². The largest absolute Gasteiger partial charge is 0.495 e. The standard InChI is InChI=1S/C15H16ClNO/c1-10-7-11(9-17)3-5-13(10)12-4-6-14(16)15(8-12)18-2/h3-8H,9,17H2,1-2H3. The van der Waals surface area contributed by atoms with E-state index in [4.69, 9.17) is 22.1 Å². The summed E-state index contributed by atoms with van der Waals surface area (Å²) in [5, 5.41) is 0.623. The number of halogens is 1. The Balaban J connectivity index is 2.48. The fourth-order valence-corrected chi connectivity index (χ4v) is 2.20. The Bertz CT molecular complexity index is 566. The minimum absolute atomic E-state index is 0.561. The molecular weight excluding hydrogens is 246 g/mol. The SMILES string of the molecule is COc1cc(-c2ccc(CN)cc2C)ccc1Cl. The molecule has 0 aliphatic heterocycles. The van der Waals surface area contributed by atoms with Gasteiger partial charge in [0.2, 0.25) is 0 Å². The van der Waals surface area contributed by atoms with Crippen molar-refractivity contribution in [3.8, 4) is 16.9 Å². The summed E-state index contributed by atoms with van der Waals surface area (Å²) in [5.74, 6) is 0.691. The molecule has 94 valence electrons. The van der Waals surface area contributed by atoms with Crippen molar-refractivity contribution in [2.75, 3.05) is 7.11 Å². The number of hydrogen-bond acceptors (Lipinski definition) is 2. The van der Waals surface area contributed by atoms with Crippen LogP contribution in [0, 0.1) is 6.92 Å². The molecule has 0 unspecified atom stereocenters. The summed E-state index contributed by atoms with van der Waals surface area (Å²) in [7, 11) is 1.62. The summed E-state index contributed by atoms with van der Waals surface area (Å²) >= 11 is 6.03. The maximum Gasteiger partial charge on any atom is 0.138 e. The van der Waals surface area contributed by atoms with Gasteiger partial charge in [-0.1, -0.05) is 35.9 Å². The van der Waals surface area contributed by atoms with E-state index in [1.54, 1.807) is 7.11 Å². The summed E-state index contributed by atoms with van der Waals surface area (Å²) in [4.78, 5) is 0. The van der Waals surface area contributed by atoms with E-state index in [0.717, 1.165) is 11.1 Å². The maximum atomic E-state index is 6.03. The fraction of sp³-hybridized carbons (Fsp3) is 0.200. The lowest BCUT2D eigenvalue weighted by atomic mass is 9.98. The molecule has 2 rings (SSSR count). The summed E-state index contributed by atoms with van der Waals surface area (Å²) in [6.07, 6.45) is 0. The van der Waals surface area contributed by atoms with Gasteiger partial charge in [0.05, 0.1) is 12.1 Å². The Hall–Kier alpha value is -1.51. The van der Waals surface area contributed by atoms with Gasteiger partial charge < -0.3 is 10.5 Å². The van der Waals surface area contributed by atoms with Gasteiger partial charge >= 0.3 is 0 Å². The third-order valence-corrected chi connectivity index (χ3v) is 3.30. The van der Waals surface area contributed by atoms with Crippen LogP contribution in [-0.4, -0.2) is 7.11 Å². The topological polar surface area (TPSA) is 35.2 Å². The third-order valence-electron chi connectivity index (χ3n) is 2.99. The number of ether oxygens (including phenoxy) is 1. The summed E-state index contributed by atoms with van der Waals surface area (Å²) in [6, 6.07) is 12.0. The highest BCUT2D eigenvalue weighted by Crippen LogP contribution is 2.32. The molecule has 2 aromatic rings. The van der Waals surface area contributed by atoms with Crippen molar-refractivity contribution in [1.29, 1.82) is 0 Å². The normalized spacial score (nSPS) is 10.4. The molecule has 18 heavy (non-hydrogen) atoms. The van der Waals surface area contributed by atoms with E-state index in [1.165, 1.54) is 11.1 Å². The van der Waals surface area contributed by atoms with E-state index >= 15 is 0 Å². The van der Waals surface area contributed by atoms with Gasteiger partial charge in [0, 0.05) is 6.54 Å². The van der Waals surface area contributed by atoms with Crippen LogP contribution < -0.4 is 10.5 Å². The van der Waals surface area contributed by atoms with Gasteiger partial charge in [0.15, 0.2) is 0 Å². The second kappa shape index (κ2) is 5.42. The Kier molecular flexibility index (Phi) is 3.90. The highest BCUT2D eigenvalue weighted by molar-refractivity contribution is 6.32. The van der Waals surface area contributed by atoms with Gasteiger partial charge in [0.1, 0.15) is 5.75 Å². The van der Waals surface area contributed by atoms with Gasteiger partial charge in [-0.3, -0.25) is 0 Å². The van der Waals surface area contributed by atoms with E-state index in [9.17, 15) is 0 Å². The zero-order valence-corrected chi connectivity index (χ0v) is 11.3. The molecule has 0 amide bonds. The van der Waals surface area contributed by atoms with Crippen molar-refractivity contribution < 1.29 is 4.74 Å². The summed E-state index contributed by atoms with van der Waals surface area (Å²) in [6.45, 7) is 2.64. The van der Waals surface area contributed by atoms with Crippen LogP contribution in [0.4, 0.5) is 0 Å². The van der Waals surface area contributed by atoms with Crippen molar-refractivity contribution in [2.45, 2.75) is 13.5 Å². The van der Waals surface area contributed by atoms with Crippen LogP contribution in [0.25, 0.3) is 11.1 Å². The van der Waals surface area contributed by atoms with Crippen LogP contribution in [0.5, 0.6) is 5.75 Å². The van der Waals surface area contributed by atoms with Gasteiger partial charge in [0.25, 0.3) is 0 Å². The van der Waals surface area contributed by atoms with Crippen molar-refractivity contribution in [1.82, 2.24) is 0 Å². The Morgan fingerprint density at radius 1 is 1.17 bits per heavy atom. The van der Waals surface area contributed by atoms with Gasteiger partial charge in [-0.25, -0.2) is 0 Å². The van der Waals surface area contributed by atoms with E-state index in [-0.39, 0.29) is 0 Å². The molecule has 0 aliphatic rings. The van der Waals surface area contributed by atoms with E-state index in [1.807, 2.05) is 24.3 Å². The van der Waals surface area contributed by atoms with Crippen LogP contribution >= 0.6 is 11.6 Å². The second-order valence-electron chi connectivity index (χ2n) is 4.20. The number of nitrogens with two attached hydrogens (primary N) is 1. The van der Waals surface area contributed by atoms with Crippen molar-refractivity contribution in [2.24, 2.45) is 5.73 Å². The molecule has 0 heterocycles. The molecule has 0 aromatic heterocycles. The Labute approximate surface area is 112 Å². The molecular formula is C15H16ClNO. The first-order valence-corrected chi connectivity index (χ1v) is 6.17. The quantitative estimate of drug-likeness (QED) is 0.913. The molecule has 0 radical (unpaired) electrons. The van der Waals surface area contributed by atoms with Crippen molar-refractivity contribution in [3.05, 3.63) is 52.5 Å². The molecule has 0 atom stereocenters. The van der Waals surface area contributed by atoms with Crippen molar-refractivity contribution in [3.63, 3.8) is 0 Å². The second-order valence-corrected chi connectivity index (χ2v) is 4.61. The molecule has 2 nitrogen and oxygen atoms in total. The predicted octanol–water partition coefficient (Wildman–Crippen LogP) is 3.78. The van der Waals surface area contributed by atoms with E-state index < -0.39 is 0 Å². The number of rotatable bonds is 3. The van der Waals surface area contributed by atoms with Gasteiger partial charge in [-0.05, 0) is 41.3 Å². The zero-order valence-electron chi connectivity index (χ0n) is 10.5. The maximum absolute atomic E-state index is 6.03. The Morgan fingerprint density at radius 2 is 1.94 bits per heavy atom. The first-order chi connectivity index (χ1) is 8.65. The van der Waals surface area contributed by atoms with Crippen molar-refractivity contribution >= 4 is 11.6 Å². The zero-order chi connectivity index (χ0) is 13.1. The van der Waals surface area contributed by atoms with Gasteiger partial charge in [-0.15, -0.1) is 0 Å². The molecule has 0 spiro atoms. The number of hydrogen-bond donors (Lipinski definition) is 1. The molecule has 3 heteroatoms. The minimum atomic E-state index is 0.561. The average molecular weight is 262 g/mol.